The van der Waals surface area contributed by atoms with E-state index < -0.39 is 11.1 Å². The third-order valence-electron chi connectivity index (χ3n) is 5.95. The van der Waals surface area contributed by atoms with Gasteiger partial charge in [0.25, 0.3) is 0 Å². The Hall–Kier alpha value is -2.74. The van der Waals surface area contributed by atoms with Crippen LogP contribution in [0.2, 0.25) is 5.02 Å². The summed E-state index contributed by atoms with van der Waals surface area (Å²) in [5.41, 5.74) is 1.01. The summed E-state index contributed by atoms with van der Waals surface area (Å²) in [6.45, 7) is 7.56. The summed E-state index contributed by atoms with van der Waals surface area (Å²) in [7, 11) is 0. The van der Waals surface area contributed by atoms with E-state index in [1.807, 2.05) is 64.1 Å². The molecule has 32 heavy (non-hydrogen) atoms. The molecule has 8 heteroatoms. The lowest BCUT2D eigenvalue weighted by molar-refractivity contribution is -0.292. The summed E-state index contributed by atoms with van der Waals surface area (Å²) in [5, 5.41) is 21.4. The highest BCUT2D eigenvalue weighted by molar-refractivity contribution is 6.30. The number of aromatic nitrogens is 2. The van der Waals surface area contributed by atoms with Gasteiger partial charge in [0.2, 0.25) is 5.91 Å². The molecule has 0 atom stereocenters. The quantitative estimate of drug-likeness (QED) is 0.539. The number of hydrogen-bond acceptors (Lipinski definition) is 5. The molecule has 0 aliphatic carbocycles. The molecule has 167 valence electrons. The van der Waals surface area contributed by atoms with Crippen molar-refractivity contribution in [1.82, 2.24) is 15.0 Å². The van der Waals surface area contributed by atoms with Crippen LogP contribution in [0.1, 0.15) is 40.5 Å². The number of carbonyl (C=O) groups excluding carboxylic acids is 1. The van der Waals surface area contributed by atoms with E-state index in [-0.39, 0.29) is 11.8 Å². The van der Waals surface area contributed by atoms with E-state index in [2.05, 4.69) is 20.6 Å². The molecule has 1 amide bonds. The van der Waals surface area contributed by atoms with Crippen molar-refractivity contribution in [3.05, 3.63) is 53.8 Å². The van der Waals surface area contributed by atoms with Gasteiger partial charge in [-0.3, -0.25) is 4.79 Å². The fourth-order valence-electron chi connectivity index (χ4n) is 4.63. The van der Waals surface area contributed by atoms with Crippen molar-refractivity contribution >= 4 is 45.6 Å². The van der Waals surface area contributed by atoms with Gasteiger partial charge in [-0.2, -0.15) is 0 Å². The summed E-state index contributed by atoms with van der Waals surface area (Å²) in [6, 6.07) is 12.9. The van der Waals surface area contributed by atoms with Crippen LogP contribution in [-0.2, 0) is 10.0 Å². The molecule has 1 saturated heterocycles. The van der Waals surface area contributed by atoms with E-state index in [9.17, 15) is 10.0 Å². The second-order valence-electron chi connectivity index (χ2n) is 9.60. The monoisotopic (exact) mass is 452 g/mol. The van der Waals surface area contributed by atoms with Crippen LogP contribution in [0.4, 0.5) is 17.2 Å². The lowest BCUT2D eigenvalue weighted by Gasteiger charge is -2.49. The fraction of sp³-hybridized carbons (Fsp3) is 0.375. The largest absolute Gasteiger partial charge is 0.340 e. The fourth-order valence-corrected chi connectivity index (χ4v) is 4.82. The Bertz CT molecular complexity index is 1150. The highest BCUT2D eigenvalue weighted by Gasteiger charge is 2.48. The molecule has 1 aromatic heterocycles. The topological polar surface area (TPSA) is 90.0 Å². The SMILES string of the molecule is CC1(C)CC(C(=O)Nc2ccc3ncnc(Nc4cccc(Cl)c4)c3c2)CC(C)(C)N1[O]. The molecule has 4 rings (SSSR count). The zero-order chi connectivity index (χ0) is 23.1. The summed E-state index contributed by atoms with van der Waals surface area (Å²) < 4.78 is 0. The maximum absolute atomic E-state index is 13.1. The zero-order valence-corrected chi connectivity index (χ0v) is 19.4. The first kappa shape index (κ1) is 22.5. The average molecular weight is 453 g/mol. The maximum Gasteiger partial charge on any atom is 0.227 e. The summed E-state index contributed by atoms with van der Waals surface area (Å²) in [5.74, 6) is 0.284. The van der Waals surface area contributed by atoms with Gasteiger partial charge in [0.1, 0.15) is 12.1 Å². The molecule has 2 aromatic carbocycles. The van der Waals surface area contributed by atoms with Gasteiger partial charge < -0.3 is 10.6 Å². The van der Waals surface area contributed by atoms with Crippen LogP contribution < -0.4 is 10.6 Å². The molecule has 2 heterocycles. The average Bonchev–Trinajstić information content (AvgIpc) is 2.72. The second-order valence-corrected chi connectivity index (χ2v) is 10.0. The molecule has 0 bridgehead atoms. The number of rotatable bonds is 4. The lowest BCUT2D eigenvalue weighted by atomic mass is 9.75. The molecule has 1 aliphatic rings. The summed E-state index contributed by atoms with van der Waals surface area (Å²) in [4.78, 5) is 21.8. The number of amides is 1. The molecule has 7 nitrogen and oxygen atoms in total. The molecule has 1 aliphatic heterocycles. The van der Waals surface area contributed by atoms with Gasteiger partial charge in [-0.25, -0.2) is 9.97 Å². The van der Waals surface area contributed by atoms with Crippen LogP contribution in [0, 0.1) is 5.92 Å². The minimum absolute atomic E-state index is 0.0835. The minimum atomic E-state index is -0.602. The first-order valence-electron chi connectivity index (χ1n) is 10.6. The van der Waals surface area contributed by atoms with E-state index in [4.69, 9.17) is 11.6 Å². The number of hydroxylamine groups is 2. The van der Waals surface area contributed by atoms with Gasteiger partial charge in [-0.1, -0.05) is 17.7 Å². The molecule has 0 spiro atoms. The Morgan fingerprint density at radius 2 is 1.75 bits per heavy atom. The molecule has 1 radical (unpaired) electrons. The highest BCUT2D eigenvalue weighted by atomic mass is 35.5. The van der Waals surface area contributed by atoms with Crippen LogP contribution in [0.25, 0.3) is 10.9 Å². The predicted octanol–water partition coefficient (Wildman–Crippen LogP) is 5.58. The first-order valence-corrected chi connectivity index (χ1v) is 11.0. The van der Waals surface area contributed by atoms with Gasteiger partial charge in [0.05, 0.1) is 5.52 Å². The van der Waals surface area contributed by atoms with Crippen LogP contribution in [-0.4, -0.2) is 32.0 Å². The number of hydrogen-bond donors (Lipinski definition) is 2. The number of halogens is 1. The standard InChI is InChI=1S/C24H27ClN5O2/c1-23(2)12-15(13-24(3,4)30(23)32)22(31)29-18-8-9-20-19(11-18)21(27-14-26-20)28-17-7-5-6-16(25)10-17/h5-11,14-15H,12-13H2,1-4H3,(H,29,31)(H,26,27,28). The van der Waals surface area contributed by atoms with E-state index in [1.165, 1.54) is 6.33 Å². The highest BCUT2D eigenvalue weighted by Crippen LogP contribution is 2.40. The second kappa shape index (κ2) is 8.31. The van der Waals surface area contributed by atoms with Gasteiger partial charge in [-0.05, 0) is 76.9 Å². The van der Waals surface area contributed by atoms with Crippen LogP contribution in [0.15, 0.2) is 48.8 Å². The number of nitrogens with zero attached hydrogens (tertiary/aromatic N) is 3. The normalized spacial score (nSPS) is 18.4. The Labute approximate surface area is 192 Å². The number of nitrogens with one attached hydrogen (secondary N) is 2. The molecule has 2 N–H and O–H groups in total. The minimum Gasteiger partial charge on any atom is -0.340 e. The molecule has 0 saturated carbocycles. The smallest absolute Gasteiger partial charge is 0.227 e. The van der Waals surface area contributed by atoms with Crippen molar-refractivity contribution in [3.8, 4) is 0 Å². The molecule has 3 aromatic rings. The Morgan fingerprint density at radius 1 is 1.03 bits per heavy atom. The van der Waals surface area contributed by atoms with Crippen LogP contribution in [0.5, 0.6) is 0 Å². The van der Waals surface area contributed by atoms with Crippen molar-refractivity contribution in [2.45, 2.75) is 51.6 Å². The summed E-state index contributed by atoms with van der Waals surface area (Å²) >= 11 is 6.09. The van der Waals surface area contributed by atoms with Gasteiger partial charge in [0.15, 0.2) is 0 Å². The van der Waals surface area contributed by atoms with E-state index in [0.29, 0.717) is 29.4 Å². The van der Waals surface area contributed by atoms with Crippen molar-refractivity contribution < 1.29 is 10.0 Å². The van der Waals surface area contributed by atoms with Crippen LogP contribution in [0.3, 0.4) is 0 Å². The van der Waals surface area contributed by atoms with Crippen molar-refractivity contribution in [2.24, 2.45) is 5.92 Å². The van der Waals surface area contributed by atoms with Gasteiger partial charge in [-0.15, -0.1) is 10.3 Å². The number of benzene rings is 2. The van der Waals surface area contributed by atoms with Gasteiger partial charge in [0, 0.05) is 38.8 Å². The Balaban J connectivity index is 1.58. The molecule has 0 unspecified atom stereocenters. The molecular weight excluding hydrogens is 426 g/mol. The Morgan fingerprint density at radius 3 is 2.44 bits per heavy atom. The Kier molecular flexibility index (Phi) is 5.83. The number of carbonyl (C=O) groups is 1. The number of piperidine rings is 1. The maximum atomic E-state index is 13.1. The lowest BCUT2D eigenvalue weighted by Crippen LogP contribution is -2.59. The van der Waals surface area contributed by atoms with Crippen molar-refractivity contribution in [2.75, 3.05) is 10.6 Å². The van der Waals surface area contributed by atoms with Crippen molar-refractivity contribution in [3.63, 3.8) is 0 Å². The third kappa shape index (κ3) is 4.55. The number of fused-ring (bicyclic) bond motifs is 1. The zero-order valence-electron chi connectivity index (χ0n) is 18.6. The van der Waals surface area contributed by atoms with Crippen molar-refractivity contribution in [1.29, 1.82) is 0 Å². The predicted molar refractivity (Wildman–Crippen MR) is 126 cm³/mol. The third-order valence-corrected chi connectivity index (χ3v) is 6.19. The molecular formula is C24H27ClN5O2. The van der Waals surface area contributed by atoms with E-state index >= 15 is 0 Å². The molecule has 1 fully saturated rings. The first-order chi connectivity index (χ1) is 15.0. The number of anilines is 3. The van der Waals surface area contributed by atoms with E-state index in [0.717, 1.165) is 21.7 Å². The van der Waals surface area contributed by atoms with E-state index in [1.54, 1.807) is 6.07 Å². The van der Waals surface area contributed by atoms with Crippen LogP contribution >= 0.6 is 11.6 Å². The van der Waals surface area contributed by atoms with Gasteiger partial charge >= 0.3 is 0 Å². The summed E-state index contributed by atoms with van der Waals surface area (Å²) in [6.07, 6.45) is 2.50.